The molecule has 0 bridgehead atoms. The van der Waals surface area contributed by atoms with Crippen LogP contribution in [-0.4, -0.2) is 17.9 Å². The average Bonchev–Trinajstić information content (AvgIpc) is 3.32. The van der Waals surface area contributed by atoms with Gasteiger partial charge in [0, 0.05) is 5.56 Å². The molecule has 0 fully saturated rings. The number of methoxy groups -OCH3 is 1. The van der Waals surface area contributed by atoms with Crippen LogP contribution in [0.4, 0.5) is 4.39 Å². The molecule has 0 spiro atoms. The van der Waals surface area contributed by atoms with Crippen LogP contribution < -0.4 is 4.74 Å². The molecular weight excluding hydrogens is 387 g/mol. The van der Waals surface area contributed by atoms with E-state index in [-0.39, 0.29) is 6.42 Å². The van der Waals surface area contributed by atoms with Gasteiger partial charge in [-0.3, -0.25) is 0 Å². The molecule has 0 saturated carbocycles. The molecule has 0 aromatic heterocycles. The zero-order chi connectivity index (χ0) is 23.1. The van der Waals surface area contributed by atoms with Gasteiger partial charge in [-0.25, -0.2) is 4.39 Å². The Morgan fingerprint density at radius 1 is 1.32 bits per heavy atom. The third-order valence-electron chi connectivity index (χ3n) is 6.81. The molecule has 1 aliphatic carbocycles. The Balaban J connectivity index is 2.46. The molecular formula is C28H41FO2. The lowest BCUT2D eigenvalue weighted by atomic mass is 9.71. The van der Waals surface area contributed by atoms with E-state index < -0.39 is 11.3 Å². The minimum absolute atomic E-state index is 0.132. The number of benzene rings is 1. The lowest BCUT2D eigenvalue weighted by Gasteiger charge is -2.42. The number of rotatable bonds is 12. The van der Waals surface area contributed by atoms with E-state index in [1.165, 1.54) is 25.3 Å². The smallest absolute Gasteiger partial charge is 0.165 e. The van der Waals surface area contributed by atoms with Crippen molar-refractivity contribution in [1.29, 1.82) is 0 Å². The normalized spacial score (nSPS) is 19.0. The van der Waals surface area contributed by atoms with Crippen molar-refractivity contribution >= 4 is 0 Å². The van der Waals surface area contributed by atoms with Crippen LogP contribution in [0.15, 0.2) is 48.6 Å². The molecule has 1 aromatic rings. The van der Waals surface area contributed by atoms with Crippen LogP contribution in [0.2, 0.25) is 0 Å². The van der Waals surface area contributed by atoms with E-state index in [0.29, 0.717) is 23.7 Å². The van der Waals surface area contributed by atoms with Gasteiger partial charge in [0.2, 0.25) is 0 Å². The predicted molar refractivity (Wildman–Crippen MR) is 129 cm³/mol. The number of hydrogen-bond acceptors (Lipinski definition) is 2. The molecule has 0 amide bonds. The fraction of sp³-hybridized carbons (Fsp3) is 0.571. The number of aryl methyl sites for hydroxylation is 1. The number of aliphatic hydroxyl groups is 1. The van der Waals surface area contributed by atoms with Crippen LogP contribution in [0.5, 0.6) is 5.75 Å². The number of ether oxygens (including phenoxy) is 1. The second-order valence-electron chi connectivity index (χ2n) is 8.98. The van der Waals surface area contributed by atoms with Gasteiger partial charge in [0.05, 0.1) is 7.11 Å². The Bertz CT molecular complexity index is 809. The Labute approximate surface area is 188 Å². The van der Waals surface area contributed by atoms with Crippen molar-refractivity contribution in [2.75, 3.05) is 7.11 Å². The maximum atomic E-state index is 16.1. The summed E-state index contributed by atoms with van der Waals surface area (Å²) in [6.07, 6.45) is 14.8. The number of alkyl halides is 1. The molecule has 3 heteroatoms. The van der Waals surface area contributed by atoms with Gasteiger partial charge in [-0.2, -0.15) is 0 Å². The lowest BCUT2D eigenvalue weighted by Crippen LogP contribution is -2.48. The van der Waals surface area contributed by atoms with E-state index in [9.17, 15) is 5.11 Å². The van der Waals surface area contributed by atoms with Gasteiger partial charge in [-0.15, -0.1) is 0 Å². The first-order valence-electron chi connectivity index (χ1n) is 11.9. The standard InChI is InChI=1S/C28H41FO2/c1-7-10-14-21(4)15-13-16-23-20-26(31-6)25(19-22(23)5)28(30,24-17-11-12-18-24)27(29,8-2)9-3/h8,13,15,17,19-21,30H,2,7,9-12,14,16,18H2,1,3-6H3/b15-13-. The van der Waals surface area contributed by atoms with Crippen LogP contribution in [0.3, 0.4) is 0 Å². The van der Waals surface area contributed by atoms with Crippen molar-refractivity contribution in [2.24, 2.45) is 5.92 Å². The highest BCUT2D eigenvalue weighted by Gasteiger charge is 2.53. The van der Waals surface area contributed by atoms with Crippen molar-refractivity contribution in [3.63, 3.8) is 0 Å². The summed E-state index contributed by atoms with van der Waals surface area (Å²) in [5.41, 5.74) is -0.373. The molecule has 0 heterocycles. The van der Waals surface area contributed by atoms with E-state index in [0.717, 1.165) is 36.0 Å². The molecule has 0 aliphatic heterocycles. The minimum Gasteiger partial charge on any atom is -0.496 e. The van der Waals surface area contributed by atoms with Crippen LogP contribution in [-0.2, 0) is 12.0 Å². The summed E-state index contributed by atoms with van der Waals surface area (Å²) in [4.78, 5) is 0. The Morgan fingerprint density at radius 2 is 2.06 bits per heavy atom. The summed E-state index contributed by atoms with van der Waals surface area (Å²) in [6.45, 7) is 12.0. The molecule has 1 aliphatic rings. The van der Waals surface area contributed by atoms with Gasteiger partial charge in [0.1, 0.15) is 5.75 Å². The van der Waals surface area contributed by atoms with Crippen LogP contribution in [0.1, 0.15) is 82.4 Å². The molecule has 1 N–H and O–H groups in total. The summed E-state index contributed by atoms with van der Waals surface area (Å²) in [5, 5.41) is 12.0. The van der Waals surface area contributed by atoms with Crippen molar-refractivity contribution in [1.82, 2.24) is 0 Å². The molecule has 2 nitrogen and oxygen atoms in total. The summed E-state index contributed by atoms with van der Waals surface area (Å²) < 4.78 is 21.8. The van der Waals surface area contributed by atoms with E-state index >= 15 is 4.39 Å². The molecule has 0 saturated heterocycles. The van der Waals surface area contributed by atoms with Crippen LogP contribution in [0.25, 0.3) is 0 Å². The minimum atomic E-state index is -1.97. The highest BCUT2D eigenvalue weighted by Crippen LogP contribution is 2.51. The Morgan fingerprint density at radius 3 is 2.61 bits per heavy atom. The monoisotopic (exact) mass is 428 g/mol. The van der Waals surface area contributed by atoms with Gasteiger partial charge >= 0.3 is 0 Å². The first kappa shape index (κ1) is 25.4. The SMILES string of the molecule is C=CC(F)(CC)C(O)(C1=CCCC1)c1cc(C)c(C/C=C\C(C)CCCC)cc1OC. The molecule has 1 aromatic carbocycles. The number of allylic oxidation sites excluding steroid dienone is 3. The second-order valence-corrected chi connectivity index (χ2v) is 8.98. The summed E-state index contributed by atoms with van der Waals surface area (Å²) in [7, 11) is 1.59. The summed E-state index contributed by atoms with van der Waals surface area (Å²) in [6, 6.07) is 3.88. The van der Waals surface area contributed by atoms with Crippen molar-refractivity contribution in [3.8, 4) is 5.75 Å². The maximum absolute atomic E-state index is 16.1. The molecule has 0 radical (unpaired) electrons. The maximum Gasteiger partial charge on any atom is 0.165 e. The molecule has 31 heavy (non-hydrogen) atoms. The van der Waals surface area contributed by atoms with E-state index in [1.807, 2.05) is 25.1 Å². The van der Waals surface area contributed by atoms with Gasteiger partial charge < -0.3 is 9.84 Å². The van der Waals surface area contributed by atoms with Crippen molar-refractivity contribution in [2.45, 2.75) is 90.3 Å². The number of unbranched alkanes of at least 4 members (excludes halogenated alkanes) is 1. The molecule has 172 valence electrons. The number of hydrogen-bond donors (Lipinski definition) is 1. The topological polar surface area (TPSA) is 29.5 Å². The molecule has 2 rings (SSSR count). The van der Waals surface area contributed by atoms with Gasteiger partial charge in [-0.05, 0) is 80.2 Å². The average molecular weight is 429 g/mol. The third-order valence-corrected chi connectivity index (χ3v) is 6.81. The number of halogens is 1. The quantitative estimate of drug-likeness (QED) is 0.349. The Hall–Kier alpha value is -1.87. The van der Waals surface area contributed by atoms with Gasteiger partial charge in [0.15, 0.2) is 11.3 Å². The highest BCUT2D eigenvalue weighted by atomic mass is 19.1. The lowest BCUT2D eigenvalue weighted by molar-refractivity contribution is -0.0589. The van der Waals surface area contributed by atoms with Crippen LogP contribution in [0, 0.1) is 12.8 Å². The third kappa shape index (κ3) is 5.31. The summed E-state index contributed by atoms with van der Waals surface area (Å²) in [5.74, 6) is 1.09. The molecule has 3 atom stereocenters. The van der Waals surface area contributed by atoms with Crippen LogP contribution >= 0.6 is 0 Å². The van der Waals surface area contributed by atoms with E-state index in [1.54, 1.807) is 14.0 Å². The highest BCUT2D eigenvalue weighted by molar-refractivity contribution is 5.52. The zero-order valence-corrected chi connectivity index (χ0v) is 20.1. The predicted octanol–water partition coefficient (Wildman–Crippen LogP) is 7.53. The zero-order valence-electron chi connectivity index (χ0n) is 20.1. The fourth-order valence-corrected chi connectivity index (χ4v) is 4.66. The Kier molecular flexibility index (Phi) is 9.12. The van der Waals surface area contributed by atoms with Gasteiger partial charge in [-0.1, -0.05) is 64.5 Å². The first-order chi connectivity index (χ1) is 14.8. The van der Waals surface area contributed by atoms with Crippen molar-refractivity contribution < 1.29 is 14.2 Å². The van der Waals surface area contributed by atoms with E-state index in [2.05, 4.69) is 32.6 Å². The second kappa shape index (κ2) is 11.1. The molecule has 3 unspecified atom stereocenters. The largest absolute Gasteiger partial charge is 0.496 e. The van der Waals surface area contributed by atoms with E-state index in [4.69, 9.17) is 4.74 Å². The van der Waals surface area contributed by atoms with Crippen molar-refractivity contribution in [3.05, 3.63) is 65.3 Å². The van der Waals surface area contributed by atoms with Gasteiger partial charge in [0.25, 0.3) is 0 Å². The summed E-state index contributed by atoms with van der Waals surface area (Å²) >= 11 is 0. The first-order valence-corrected chi connectivity index (χ1v) is 11.9. The fourth-order valence-electron chi connectivity index (χ4n) is 4.66.